The number of ether oxygens (including phenoxy) is 1. The van der Waals surface area contributed by atoms with E-state index in [1.54, 1.807) is 6.07 Å². The molecule has 7 nitrogen and oxygen atoms in total. The maximum Gasteiger partial charge on any atom is 0.269 e. The van der Waals surface area contributed by atoms with Gasteiger partial charge in [-0.3, -0.25) is 19.7 Å². The zero-order chi connectivity index (χ0) is 18.7. The molecule has 2 heterocycles. The number of hydrogen-bond acceptors (Lipinski definition) is 6. The molecule has 2 aliphatic heterocycles. The quantitative estimate of drug-likeness (QED) is 0.435. The first-order valence-electron chi connectivity index (χ1n) is 8.93. The van der Waals surface area contributed by atoms with E-state index >= 15 is 0 Å². The summed E-state index contributed by atoms with van der Waals surface area (Å²) in [5, 5.41) is 11.2. The average molecular weight is 358 g/mol. The number of carbonyl (C=O) groups excluding carboxylic acids is 2. The Morgan fingerprint density at radius 1 is 1.19 bits per heavy atom. The minimum atomic E-state index is -1.15. The first-order valence-corrected chi connectivity index (χ1v) is 8.93. The number of anilines is 1. The lowest BCUT2D eigenvalue weighted by Crippen LogP contribution is -2.66. The molecule has 0 bridgehead atoms. The molecule has 1 spiro atoms. The van der Waals surface area contributed by atoms with Crippen molar-refractivity contribution in [2.24, 2.45) is 10.8 Å². The molecule has 1 aromatic rings. The summed E-state index contributed by atoms with van der Waals surface area (Å²) in [6, 6.07) is 4.40. The second-order valence-corrected chi connectivity index (χ2v) is 8.37. The van der Waals surface area contributed by atoms with Gasteiger partial charge in [-0.2, -0.15) is 0 Å². The van der Waals surface area contributed by atoms with Gasteiger partial charge in [-0.1, -0.05) is 13.8 Å². The van der Waals surface area contributed by atoms with Crippen LogP contribution >= 0.6 is 0 Å². The van der Waals surface area contributed by atoms with E-state index in [0.717, 1.165) is 5.69 Å². The third kappa shape index (κ3) is 2.37. The molecule has 0 amide bonds. The van der Waals surface area contributed by atoms with Crippen LogP contribution in [0.15, 0.2) is 18.2 Å². The number of ketones is 2. The van der Waals surface area contributed by atoms with E-state index in [0.29, 0.717) is 38.2 Å². The molecule has 1 aromatic carbocycles. The second-order valence-electron chi connectivity index (χ2n) is 8.37. The highest BCUT2D eigenvalue weighted by Crippen LogP contribution is 2.50. The molecule has 1 atom stereocenters. The predicted molar refractivity (Wildman–Crippen MR) is 94.2 cm³/mol. The molecule has 4 rings (SSSR count). The molecule has 1 saturated carbocycles. The van der Waals surface area contributed by atoms with Gasteiger partial charge in [-0.15, -0.1) is 0 Å². The topological polar surface area (TPSA) is 89.8 Å². The van der Waals surface area contributed by atoms with Crippen LogP contribution < -0.4 is 4.90 Å². The van der Waals surface area contributed by atoms with Gasteiger partial charge >= 0.3 is 0 Å². The number of nitro benzene ring substituents is 1. The highest BCUT2D eigenvalue weighted by molar-refractivity contribution is 6.11. The van der Waals surface area contributed by atoms with Gasteiger partial charge in [0, 0.05) is 37.2 Å². The maximum atomic E-state index is 13.2. The van der Waals surface area contributed by atoms with E-state index in [4.69, 9.17) is 4.74 Å². The number of non-ortho nitro benzene ring substituents is 1. The summed E-state index contributed by atoms with van der Waals surface area (Å²) in [4.78, 5) is 39.3. The number of nitrogens with zero attached hydrogens (tertiary/aromatic N) is 2. The fourth-order valence-electron chi connectivity index (χ4n) is 4.80. The van der Waals surface area contributed by atoms with E-state index in [-0.39, 0.29) is 35.1 Å². The number of carbonyl (C=O) groups is 2. The summed E-state index contributed by atoms with van der Waals surface area (Å²) < 4.78 is 5.64. The number of Topliss-reactive ketones (excluding diaryl/α,β-unsaturated/α-hetero) is 2. The summed E-state index contributed by atoms with van der Waals surface area (Å²) in [5.74, 6) is -0.118. The number of hydrogen-bond donors (Lipinski definition) is 0. The lowest BCUT2D eigenvalue weighted by Gasteiger charge is -2.54. The Labute approximate surface area is 151 Å². The second kappa shape index (κ2) is 5.61. The molecule has 2 fully saturated rings. The molecular weight excluding hydrogens is 336 g/mol. The Hall–Kier alpha value is -2.28. The highest BCUT2D eigenvalue weighted by atomic mass is 16.6. The van der Waals surface area contributed by atoms with Crippen molar-refractivity contribution in [3.8, 4) is 0 Å². The number of morpholine rings is 1. The van der Waals surface area contributed by atoms with Gasteiger partial charge in [0.25, 0.3) is 5.69 Å². The zero-order valence-electron chi connectivity index (χ0n) is 15.0. The van der Waals surface area contributed by atoms with Gasteiger partial charge < -0.3 is 9.64 Å². The van der Waals surface area contributed by atoms with Gasteiger partial charge in [-0.05, 0) is 23.5 Å². The van der Waals surface area contributed by atoms with Gasteiger partial charge in [0.15, 0.2) is 0 Å². The Bertz CT molecular complexity index is 796. The van der Waals surface area contributed by atoms with Crippen LogP contribution in [0.4, 0.5) is 11.4 Å². The van der Waals surface area contributed by atoms with Gasteiger partial charge in [0.2, 0.25) is 0 Å². The zero-order valence-corrected chi connectivity index (χ0v) is 15.0. The van der Waals surface area contributed by atoms with Crippen molar-refractivity contribution in [3.63, 3.8) is 0 Å². The average Bonchev–Trinajstić information content (AvgIpc) is 2.58. The van der Waals surface area contributed by atoms with Crippen molar-refractivity contribution >= 4 is 22.9 Å². The molecule has 0 N–H and O–H groups in total. The van der Waals surface area contributed by atoms with Gasteiger partial charge in [-0.25, -0.2) is 0 Å². The lowest BCUT2D eigenvalue weighted by molar-refractivity contribution is -0.384. The van der Waals surface area contributed by atoms with Crippen LogP contribution in [-0.2, 0) is 20.7 Å². The van der Waals surface area contributed by atoms with Crippen LogP contribution in [0.25, 0.3) is 0 Å². The first kappa shape index (κ1) is 17.1. The first-order chi connectivity index (χ1) is 12.2. The maximum absolute atomic E-state index is 13.2. The molecule has 138 valence electrons. The minimum Gasteiger partial charge on any atom is -0.377 e. The lowest BCUT2D eigenvalue weighted by atomic mass is 9.56. The summed E-state index contributed by atoms with van der Waals surface area (Å²) in [7, 11) is 0. The molecule has 0 aromatic heterocycles. The molecule has 26 heavy (non-hydrogen) atoms. The van der Waals surface area contributed by atoms with Crippen molar-refractivity contribution in [2.75, 3.05) is 24.7 Å². The smallest absolute Gasteiger partial charge is 0.269 e. The van der Waals surface area contributed by atoms with E-state index < -0.39 is 10.3 Å². The van der Waals surface area contributed by atoms with Crippen molar-refractivity contribution < 1.29 is 19.2 Å². The third-order valence-corrected chi connectivity index (χ3v) is 6.02. The van der Waals surface area contributed by atoms with Crippen LogP contribution in [0.2, 0.25) is 0 Å². The number of nitro groups is 1. The molecular formula is C19H22N2O5. The van der Waals surface area contributed by atoms with E-state index in [2.05, 4.69) is 4.90 Å². The van der Waals surface area contributed by atoms with Crippen LogP contribution in [-0.4, -0.2) is 42.3 Å². The minimum absolute atomic E-state index is 0.0124. The Morgan fingerprint density at radius 2 is 1.88 bits per heavy atom. The summed E-state index contributed by atoms with van der Waals surface area (Å²) in [6.07, 6.45) is 0.906. The van der Waals surface area contributed by atoms with Crippen LogP contribution in [0.3, 0.4) is 0 Å². The highest BCUT2D eigenvalue weighted by Gasteiger charge is 2.60. The Kier molecular flexibility index (Phi) is 3.70. The predicted octanol–water partition coefficient (Wildman–Crippen LogP) is 2.30. The number of fused-ring (bicyclic) bond motifs is 4. The molecule has 7 heteroatoms. The van der Waals surface area contributed by atoms with E-state index in [1.807, 2.05) is 13.8 Å². The molecule has 1 saturated heterocycles. The molecule has 0 radical (unpaired) electrons. The van der Waals surface area contributed by atoms with Crippen molar-refractivity contribution in [3.05, 3.63) is 33.9 Å². The van der Waals surface area contributed by atoms with Crippen molar-refractivity contribution in [1.29, 1.82) is 0 Å². The van der Waals surface area contributed by atoms with Crippen LogP contribution in [0.5, 0.6) is 0 Å². The largest absolute Gasteiger partial charge is 0.377 e. The summed E-state index contributed by atoms with van der Waals surface area (Å²) >= 11 is 0. The normalized spacial score (nSPS) is 26.4. The SMILES string of the molecule is CC1(C)CC(=O)C2(Cc3cc([N+](=O)[O-])ccc3N3CCOCC32)C(=O)C1. The van der Waals surface area contributed by atoms with E-state index in [9.17, 15) is 19.7 Å². The Balaban J connectivity index is 1.86. The van der Waals surface area contributed by atoms with Crippen molar-refractivity contribution in [1.82, 2.24) is 0 Å². The van der Waals surface area contributed by atoms with Gasteiger partial charge in [0.05, 0.1) is 24.2 Å². The van der Waals surface area contributed by atoms with Gasteiger partial charge in [0.1, 0.15) is 17.0 Å². The van der Waals surface area contributed by atoms with E-state index in [1.165, 1.54) is 12.1 Å². The standard InChI is InChI=1S/C19H22N2O5/c1-18(2)9-16(22)19(17(23)10-18)8-12-7-13(21(24)25)3-4-14(12)20-5-6-26-11-15(19)20/h3-4,7,15H,5-6,8-11H2,1-2H3. The molecule has 1 unspecified atom stereocenters. The summed E-state index contributed by atoms with van der Waals surface area (Å²) in [6.45, 7) is 5.28. The fraction of sp³-hybridized carbons (Fsp3) is 0.579. The monoisotopic (exact) mass is 358 g/mol. The fourth-order valence-corrected chi connectivity index (χ4v) is 4.80. The Morgan fingerprint density at radius 3 is 2.54 bits per heavy atom. The molecule has 1 aliphatic carbocycles. The van der Waals surface area contributed by atoms with Crippen LogP contribution in [0, 0.1) is 20.9 Å². The van der Waals surface area contributed by atoms with Crippen LogP contribution in [0.1, 0.15) is 32.3 Å². The molecule has 3 aliphatic rings. The number of rotatable bonds is 1. The summed E-state index contributed by atoms with van der Waals surface area (Å²) in [5.41, 5.74) is 0.0707. The van der Waals surface area contributed by atoms with Crippen molar-refractivity contribution in [2.45, 2.75) is 39.2 Å². The number of benzene rings is 1. The third-order valence-electron chi connectivity index (χ3n) is 6.02.